The van der Waals surface area contributed by atoms with Gasteiger partial charge in [0, 0.05) is 13.1 Å². The largest absolute Gasteiger partial charge is 0.508 e. The second-order valence-electron chi connectivity index (χ2n) is 6.05. The van der Waals surface area contributed by atoms with Crippen LogP contribution in [0.4, 0.5) is 0 Å². The number of nitrogens with one attached hydrogen (secondary N) is 2. The fourth-order valence-corrected chi connectivity index (χ4v) is 2.38. The van der Waals surface area contributed by atoms with Crippen LogP contribution >= 0.6 is 24.0 Å². The SMILES string of the molecule is CCNC(=NCc1ccc(O)cc1)NCC(C)c1ccc(C)cc1.I. The number of nitrogens with zero attached hydrogens (tertiary/aromatic N) is 1. The van der Waals surface area contributed by atoms with Crippen LogP contribution in [0.2, 0.25) is 0 Å². The van der Waals surface area contributed by atoms with E-state index in [1.54, 1.807) is 12.1 Å². The molecule has 1 unspecified atom stereocenters. The lowest BCUT2D eigenvalue weighted by atomic mass is 10.0. The third kappa shape index (κ3) is 7.34. The molecule has 0 aliphatic heterocycles. The van der Waals surface area contributed by atoms with Gasteiger partial charge in [0.1, 0.15) is 5.75 Å². The lowest BCUT2D eigenvalue weighted by Crippen LogP contribution is -2.39. The van der Waals surface area contributed by atoms with E-state index in [9.17, 15) is 5.11 Å². The number of aromatic hydroxyl groups is 1. The van der Waals surface area contributed by atoms with Crippen LogP contribution in [-0.2, 0) is 6.54 Å². The molecule has 0 saturated carbocycles. The van der Waals surface area contributed by atoms with Crippen molar-refractivity contribution >= 4 is 29.9 Å². The quantitative estimate of drug-likeness (QED) is 0.350. The minimum absolute atomic E-state index is 0. The highest BCUT2D eigenvalue weighted by molar-refractivity contribution is 14.0. The van der Waals surface area contributed by atoms with Crippen LogP contribution in [0, 0.1) is 6.92 Å². The van der Waals surface area contributed by atoms with E-state index >= 15 is 0 Å². The van der Waals surface area contributed by atoms with E-state index in [1.807, 2.05) is 12.1 Å². The molecule has 0 radical (unpaired) electrons. The zero-order valence-electron chi connectivity index (χ0n) is 15.1. The van der Waals surface area contributed by atoms with E-state index in [-0.39, 0.29) is 29.7 Å². The number of aryl methyl sites for hydroxylation is 1. The summed E-state index contributed by atoms with van der Waals surface area (Å²) < 4.78 is 0. The van der Waals surface area contributed by atoms with E-state index < -0.39 is 0 Å². The molecule has 0 aromatic heterocycles. The van der Waals surface area contributed by atoms with Crippen molar-refractivity contribution in [2.45, 2.75) is 33.2 Å². The van der Waals surface area contributed by atoms with E-state index in [0.29, 0.717) is 12.5 Å². The van der Waals surface area contributed by atoms with Crippen LogP contribution in [0.3, 0.4) is 0 Å². The Labute approximate surface area is 167 Å². The Morgan fingerprint density at radius 1 is 1.04 bits per heavy atom. The molecule has 2 rings (SSSR count). The number of rotatable bonds is 6. The molecule has 2 aromatic rings. The summed E-state index contributed by atoms with van der Waals surface area (Å²) >= 11 is 0. The fraction of sp³-hybridized carbons (Fsp3) is 0.350. The summed E-state index contributed by atoms with van der Waals surface area (Å²) in [5.41, 5.74) is 3.67. The predicted molar refractivity (Wildman–Crippen MR) is 116 cm³/mol. The molecule has 5 heteroatoms. The zero-order valence-corrected chi connectivity index (χ0v) is 17.5. The molecule has 0 spiro atoms. The van der Waals surface area contributed by atoms with Crippen LogP contribution in [0.25, 0.3) is 0 Å². The zero-order chi connectivity index (χ0) is 17.4. The number of phenols is 1. The maximum atomic E-state index is 9.33. The Bertz CT molecular complexity index is 654. The summed E-state index contributed by atoms with van der Waals surface area (Å²) in [6.07, 6.45) is 0. The monoisotopic (exact) mass is 453 g/mol. The molecule has 0 aliphatic rings. The van der Waals surface area contributed by atoms with Crippen molar-refractivity contribution in [1.82, 2.24) is 10.6 Å². The Hall–Kier alpha value is -1.76. The molecule has 2 aromatic carbocycles. The Morgan fingerprint density at radius 3 is 2.28 bits per heavy atom. The molecule has 0 heterocycles. The molecule has 0 amide bonds. The first-order valence-electron chi connectivity index (χ1n) is 8.45. The summed E-state index contributed by atoms with van der Waals surface area (Å²) in [5, 5.41) is 16.0. The highest BCUT2D eigenvalue weighted by Gasteiger charge is 2.06. The van der Waals surface area contributed by atoms with Gasteiger partial charge in [-0.25, -0.2) is 4.99 Å². The first kappa shape index (κ1) is 21.3. The maximum Gasteiger partial charge on any atom is 0.191 e. The standard InChI is InChI=1S/C20H27N3O.HI/c1-4-21-20(23-14-17-7-11-19(24)12-8-17)22-13-16(3)18-9-5-15(2)6-10-18;/h5-12,16,24H,4,13-14H2,1-3H3,(H2,21,22,23);1H. The molecule has 136 valence electrons. The van der Waals surface area contributed by atoms with Crippen molar-refractivity contribution in [3.05, 3.63) is 65.2 Å². The summed E-state index contributed by atoms with van der Waals surface area (Å²) in [4.78, 5) is 4.61. The number of guanidine groups is 1. The molecular weight excluding hydrogens is 425 g/mol. The highest BCUT2D eigenvalue weighted by atomic mass is 127. The molecule has 4 nitrogen and oxygen atoms in total. The maximum absolute atomic E-state index is 9.33. The molecule has 1 atom stereocenters. The average Bonchev–Trinajstić information content (AvgIpc) is 2.59. The highest BCUT2D eigenvalue weighted by Crippen LogP contribution is 2.15. The Morgan fingerprint density at radius 2 is 1.68 bits per heavy atom. The molecular formula is C20H28IN3O. The molecule has 3 N–H and O–H groups in total. The molecule has 0 aliphatic carbocycles. The van der Waals surface area contributed by atoms with Gasteiger partial charge in [-0.2, -0.15) is 0 Å². The van der Waals surface area contributed by atoms with E-state index in [0.717, 1.165) is 24.6 Å². The van der Waals surface area contributed by atoms with Gasteiger partial charge in [0.2, 0.25) is 0 Å². The van der Waals surface area contributed by atoms with Crippen molar-refractivity contribution in [3.63, 3.8) is 0 Å². The molecule has 0 saturated heterocycles. The van der Waals surface area contributed by atoms with Crippen molar-refractivity contribution in [2.24, 2.45) is 4.99 Å². The number of hydrogen-bond acceptors (Lipinski definition) is 2. The first-order valence-corrected chi connectivity index (χ1v) is 8.45. The summed E-state index contributed by atoms with van der Waals surface area (Å²) in [5.74, 6) is 1.49. The van der Waals surface area contributed by atoms with Crippen LogP contribution < -0.4 is 10.6 Å². The first-order chi connectivity index (χ1) is 11.6. The van der Waals surface area contributed by atoms with Crippen LogP contribution in [0.5, 0.6) is 5.75 Å². The summed E-state index contributed by atoms with van der Waals surface area (Å²) in [6.45, 7) is 8.59. The van der Waals surface area contributed by atoms with Crippen LogP contribution in [-0.4, -0.2) is 24.2 Å². The number of hydrogen-bond donors (Lipinski definition) is 3. The third-order valence-electron chi connectivity index (χ3n) is 3.92. The molecule has 25 heavy (non-hydrogen) atoms. The number of benzene rings is 2. The van der Waals surface area contributed by atoms with Gasteiger partial charge in [-0.1, -0.05) is 48.9 Å². The van der Waals surface area contributed by atoms with Gasteiger partial charge in [0.15, 0.2) is 5.96 Å². The van der Waals surface area contributed by atoms with Crippen molar-refractivity contribution in [2.75, 3.05) is 13.1 Å². The topological polar surface area (TPSA) is 56.7 Å². The van der Waals surface area contributed by atoms with Gasteiger partial charge in [0.25, 0.3) is 0 Å². The van der Waals surface area contributed by atoms with Crippen molar-refractivity contribution in [3.8, 4) is 5.75 Å². The van der Waals surface area contributed by atoms with Crippen LogP contribution in [0.15, 0.2) is 53.5 Å². The van der Waals surface area contributed by atoms with E-state index in [2.05, 4.69) is 60.7 Å². The van der Waals surface area contributed by atoms with E-state index in [1.165, 1.54) is 11.1 Å². The van der Waals surface area contributed by atoms with Gasteiger partial charge in [-0.15, -0.1) is 24.0 Å². The van der Waals surface area contributed by atoms with Gasteiger partial charge in [0.05, 0.1) is 6.54 Å². The summed E-state index contributed by atoms with van der Waals surface area (Å²) in [7, 11) is 0. The normalized spacial score (nSPS) is 12.2. The Balaban J connectivity index is 0.00000312. The molecule has 0 fully saturated rings. The average molecular weight is 453 g/mol. The fourth-order valence-electron chi connectivity index (χ4n) is 2.38. The predicted octanol–water partition coefficient (Wildman–Crippen LogP) is 4.18. The smallest absolute Gasteiger partial charge is 0.191 e. The van der Waals surface area contributed by atoms with Gasteiger partial charge >= 0.3 is 0 Å². The number of halogens is 1. The number of aliphatic imine (C=N–C) groups is 1. The minimum atomic E-state index is 0. The van der Waals surface area contributed by atoms with Crippen molar-refractivity contribution < 1.29 is 5.11 Å². The van der Waals surface area contributed by atoms with Gasteiger partial charge in [-0.05, 0) is 43.0 Å². The number of phenolic OH excluding ortho intramolecular Hbond substituents is 1. The Kier molecular flexibility index (Phi) is 9.34. The third-order valence-corrected chi connectivity index (χ3v) is 3.92. The van der Waals surface area contributed by atoms with Crippen molar-refractivity contribution in [1.29, 1.82) is 0 Å². The van der Waals surface area contributed by atoms with E-state index in [4.69, 9.17) is 0 Å². The second-order valence-corrected chi connectivity index (χ2v) is 6.05. The van der Waals surface area contributed by atoms with Crippen LogP contribution in [0.1, 0.15) is 36.5 Å². The van der Waals surface area contributed by atoms with Gasteiger partial charge < -0.3 is 15.7 Å². The summed E-state index contributed by atoms with van der Waals surface area (Å²) in [6, 6.07) is 15.8. The minimum Gasteiger partial charge on any atom is -0.508 e. The molecule has 0 bridgehead atoms. The van der Waals surface area contributed by atoms with Gasteiger partial charge in [-0.3, -0.25) is 0 Å². The lowest BCUT2D eigenvalue weighted by Gasteiger charge is -2.16. The lowest BCUT2D eigenvalue weighted by molar-refractivity contribution is 0.475. The second kappa shape index (κ2) is 11.0.